The fourth-order valence-corrected chi connectivity index (χ4v) is 1.55. The fourth-order valence-electron chi connectivity index (χ4n) is 1.55. The molecule has 0 aliphatic carbocycles. The minimum atomic E-state index is -0.0574. The lowest BCUT2D eigenvalue weighted by Crippen LogP contribution is -2.32. The van der Waals surface area contributed by atoms with Gasteiger partial charge in [-0.25, -0.2) is 0 Å². The molecule has 1 amide bonds. The largest absolute Gasteiger partial charge is 0.456 e. The summed E-state index contributed by atoms with van der Waals surface area (Å²) in [6, 6.07) is 1.82. The van der Waals surface area contributed by atoms with E-state index in [1.807, 2.05) is 27.0 Å². The molecule has 0 aliphatic heterocycles. The molecular weight excluding hydrogens is 240 g/mol. The van der Waals surface area contributed by atoms with Crippen LogP contribution in [0.4, 0.5) is 0 Å². The average Bonchev–Trinajstić information content (AvgIpc) is 2.66. The van der Waals surface area contributed by atoms with E-state index in [9.17, 15) is 4.79 Å². The molecule has 5 heteroatoms. The Labute approximate surface area is 109 Å². The minimum absolute atomic E-state index is 0. The van der Waals surface area contributed by atoms with Crippen LogP contribution < -0.4 is 5.32 Å². The third-order valence-electron chi connectivity index (χ3n) is 2.60. The first-order chi connectivity index (χ1) is 7.60. The zero-order valence-electron chi connectivity index (χ0n) is 10.9. The van der Waals surface area contributed by atoms with Crippen molar-refractivity contribution in [3.63, 3.8) is 0 Å². The van der Waals surface area contributed by atoms with Crippen molar-refractivity contribution < 1.29 is 9.21 Å². The molecule has 0 saturated carbocycles. The Morgan fingerprint density at radius 3 is 2.65 bits per heavy atom. The first-order valence-electron chi connectivity index (χ1n) is 5.59. The van der Waals surface area contributed by atoms with Gasteiger partial charge in [-0.05, 0) is 25.6 Å². The molecule has 4 nitrogen and oxygen atoms in total. The number of carbonyl (C=O) groups is 1. The molecule has 1 N–H and O–H groups in total. The van der Waals surface area contributed by atoms with E-state index in [1.54, 1.807) is 11.9 Å². The van der Waals surface area contributed by atoms with E-state index in [0.29, 0.717) is 12.3 Å². The van der Waals surface area contributed by atoms with Crippen LogP contribution in [0.25, 0.3) is 0 Å². The number of likely N-dealkylation sites (N-methyl/N-ethyl adjacent to an activating group) is 2. The van der Waals surface area contributed by atoms with Crippen LogP contribution in [0.5, 0.6) is 0 Å². The van der Waals surface area contributed by atoms with E-state index < -0.39 is 0 Å². The molecule has 0 unspecified atom stereocenters. The molecule has 0 radical (unpaired) electrons. The molecule has 0 saturated heterocycles. The number of hydrogen-bond acceptors (Lipinski definition) is 3. The summed E-state index contributed by atoms with van der Waals surface area (Å²) in [5.74, 6) is 1.27. The maximum Gasteiger partial charge on any atom is 0.289 e. The van der Waals surface area contributed by atoms with E-state index in [-0.39, 0.29) is 18.3 Å². The van der Waals surface area contributed by atoms with Gasteiger partial charge in [0.2, 0.25) is 0 Å². The Balaban J connectivity index is 0.00000256. The summed E-state index contributed by atoms with van der Waals surface area (Å²) in [5, 5.41) is 3.01. The number of halogens is 1. The Morgan fingerprint density at radius 1 is 1.53 bits per heavy atom. The Hall–Kier alpha value is -1.00. The van der Waals surface area contributed by atoms with Crippen molar-refractivity contribution in [3.05, 3.63) is 23.2 Å². The molecule has 0 atom stereocenters. The van der Waals surface area contributed by atoms with Crippen molar-refractivity contribution in [1.29, 1.82) is 0 Å². The summed E-state index contributed by atoms with van der Waals surface area (Å²) in [4.78, 5) is 13.6. The second-order valence-electron chi connectivity index (χ2n) is 3.90. The van der Waals surface area contributed by atoms with Crippen molar-refractivity contribution in [3.8, 4) is 0 Å². The zero-order chi connectivity index (χ0) is 12.1. The van der Waals surface area contributed by atoms with E-state index in [1.165, 1.54) is 0 Å². The van der Waals surface area contributed by atoms with Crippen molar-refractivity contribution >= 4 is 18.3 Å². The van der Waals surface area contributed by atoms with E-state index >= 15 is 0 Å². The summed E-state index contributed by atoms with van der Waals surface area (Å²) < 4.78 is 5.51. The maximum atomic E-state index is 11.9. The van der Waals surface area contributed by atoms with Gasteiger partial charge in [0.1, 0.15) is 5.76 Å². The van der Waals surface area contributed by atoms with Crippen LogP contribution in [0, 0.1) is 6.92 Å². The molecule has 0 spiro atoms. The second kappa shape index (κ2) is 7.35. The molecule has 1 rings (SSSR count). The number of aryl methyl sites for hydroxylation is 2. The molecule has 1 heterocycles. The number of rotatable bonds is 5. The lowest BCUT2D eigenvalue weighted by molar-refractivity contribution is 0.0763. The van der Waals surface area contributed by atoms with Gasteiger partial charge in [-0.3, -0.25) is 4.79 Å². The Bertz CT molecular complexity index is 363. The average molecular weight is 261 g/mol. The highest BCUT2D eigenvalue weighted by Gasteiger charge is 2.16. The van der Waals surface area contributed by atoms with Crippen molar-refractivity contribution in [1.82, 2.24) is 10.2 Å². The Morgan fingerprint density at radius 2 is 2.18 bits per heavy atom. The summed E-state index contributed by atoms with van der Waals surface area (Å²) in [6.07, 6.45) is 0.819. The molecule has 0 aromatic carbocycles. The molecule has 98 valence electrons. The molecule has 0 bridgehead atoms. The standard InChI is InChI=1S/C12H20N2O2.ClH/c1-5-10-9(2)8-11(16-10)12(15)14(4)7-6-13-3;/h8,13H,5-7H2,1-4H3;1H. The number of nitrogens with zero attached hydrogens (tertiary/aromatic N) is 1. The summed E-state index contributed by atoms with van der Waals surface area (Å²) >= 11 is 0. The van der Waals surface area contributed by atoms with Crippen LogP contribution in [0.3, 0.4) is 0 Å². The van der Waals surface area contributed by atoms with Gasteiger partial charge in [-0.15, -0.1) is 12.4 Å². The molecule has 0 fully saturated rings. The van der Waals surface area contributed by atoms with Crippen LogP contribution in [0.15, 0.2) is 10.5 Å². The van der Waals surface area contributed by atoms with Gasteiger partial charge in [0.05, 0.1) is 0 Å². The van der Waals surface area contributed by atoms with Gasteiger partial charge in [0.25, 0.3) is 5.91 Å². The molecule has 1 aromatic rings. The topological polar surface area (TPSA) is 45.5 Å². The third-order valence-corrected chi connectivity index (χ3v) is 2.60. The van der Waals surface area contributed by atoms with E-state index in [2.05, 4.69) is 5.32 Å². The van der Waals surface area contributed by atoms with Crippen LogP contribution in [0.1, 0.15) is 28.8 Å². The summed E-state index contributed by atoms with van der Waals surface area (Å²) in [6.45, 7) is 5.44. The Kier molecular flexibility index (Phi) is 6.92. The van der Waals surface area contributed by atoms with Crippen molar-refractivity contribution in [2.24, 2.45) is 0 Å². The minimum Gasteiger partial charge on any atom is -0.456 e. The van der Waals surface area contributed by atoms with Gasteiger partial charge >= 0.3 is 0 Å². The van der Waals surface area contributed by atoms with Gasteiger partial charge in [-0.1, -0.05) is 6.92 Å². The quantitative estimate of drug-likeness (QED) is 0.879. The normalized spacial score (nSPS) is 9.88. The highest BCUT2D eigenvalue weighted by atomic mass is 35.5. The van der Waals surface area contributed by atoms with Crippen LogP contribution in [-0.4, -0.2) is 38.0 Å². The summed E-state index contributed by atoms with van der Waals surface area (Å²) in [5.41, 5.74) is 1.05. The fraction of sp³-hybridized carbons (Fsp3) is 0.583. The molecule has 1 aromatic heterocycles. The van der Waals surface area contributed by atoms with Gasteiger partial charge in [-0.2, -0.15) is 0 Å². The van der Waals surface area contributed by atoms with E-state index in [0.717, 1.165) is 24.3 Å². The maximum absolute atomic E-state index is 11.9. The second-order valence-corrected chi connectivity index (χ2v) is 3.90. The van der Waals surface area contributed by atoms with Crippen LogP contribution >= 0.6 is 12.4 Å². The van der Waals surface area contributed by atoms with Gasteiger partial charge in [0, 0.05) is 26.6 Å². The predicted octanol–water partition coefficient (Wildman–Crippen LogP) is 1.86. The van der Waals surface area contributed by atoms with Crippen LogP contribution in [0.2, 0.25) is 0 Å². The number of furan rings is 1. The predicted molar refractivity (Wildman–Crippen MR) is 71.0 cm³/mol. The lowest BCUT2D eigenvalue weighted by atomic mass is 10.2. The number of nitrogens with one attached hydrogen (secondary N) is 1. The van der Waals surface area contributed by atoms with Crippen molar-refractivity contribution in [2.45, 2.75) is 20.3 Å². The van der Waals surface area contributed by atoms with Crippen LogP contribution in [-0.2, 0) is 6.42 Å². The number of carbonyl (C=O) groups excluding carboxylic acids is 1. The monoisotopic (exact) mass is 260 g/mol. The first kappa shape index (κ1) is 16.0. The lowest BCUT2D eigenvalue weighted by Gasteiger charge is -2.14. The van der Waals surface area contributed by atoms with Gasteiger partial charge < -0.3 is 14.6 Å². The first-order valence-corrected chi connectivity index (χ1v) is 5.59. The van der Waals surface area contributed by atoms with Crippen molar-refractivity contribution in [2.75, 3.05) is 27.2 Å². The molecular formula is C12H21ClN2O2. The molecule has 0 aliphatic rings. The smallest absolute Gasteiger partial charge is 0.289 e. The number of hydrogen-bond donors (Lipinski definition) is 1. The summed E-state index contributed by atoms with van der Waals surface area (Å²) in [7, 11) is 3.65. The highest BCUT2D eigenvalue weighted by molar-refractivity contribution is 5.91. The molecule has 17 heavy (non-hydrogen) atoms. The van der Waals surface area contributed by atoms with Gasteiger partial charge in [0.15, 0.2) is 5.76 Å². The number of amides is 1. The van der Waals surface area contributed by atoms with E-state index in [4.69, 9.17) is 4.42 Å². The zero-order valence-corrected chi connectivity index (χ0v) is 11.7. The third kappa shape index (κ3) is 4.06. The SMILES string of the molecule is CCc1oc(C(=O)N(C)CCNC)cc1C.Cl. The highest BCUT2D eigenvalue weighted by Crippen LogP contribution is 2.16.